The Kier molecular flexibility index (Phi) is 6.19. The van der Waals surface area contributed by atoms with Crippen LogP contribution in [0.1, 0.15) is 32.2 Å². The molecule has 0 aliphatic rings. The van der Waals surface area contributed by atoms with Gasteiger partial charge in [0.05, 0.1) is 5.56 Å². The number of aryl methyl sites for hydroxylation is 1. The van der Waals surface area contributed by atoms with Crippen LogP contribution in [0.25, 0.3) is 5.69 Å². The monoisotopic (exact) mass is 412 g/mol. The van der Waals surface area contributed by atoms with Gasteiger partial charge in [0.25, 0.3) is 11.8 Å². The second-order valence-electron chi connectivity index (χ2n) is 6.48. The maximum Gasteiger partial charge on any atom is 0.273 e. The van der Waals surface area contributed by atoms with Gasteiger partial charge in [0.1, 0.15) is 5.75 Å². The van der Waals surface area contributed by atoms with Crippen LogP contribution in [0.15, 0.2) is 48.7 Å². The van der Waals surface area contributed by atoms with Gasteiger partial charge in [-0.15, -0.1) is 0 Å². The van der Waals surface area contributed by atoms with Crippen LogP contribution >= 0.6 is 11.6 Å². The van der Waals surface area contributed by atoms with Gasteiger partial charge in [-0.25, -0.2) is 4.98 Å². The molecule has 0 unspecified atom stereocenters. The number of amides is 2. The summed E-state index contributed by atoms with van der Waals surface area (Å²) < 4.78 is 1.96. The van der Waals surface area contributed by atoms with E-state index in [1.54, 1.807) is 6.07 Å². The average Bonchev–Trinajstić information content (AvgIpc) is 2.99. The van der Waals surface area contributed by atoms with E-state index in [1.165, 1.54) is 18.3 Å². The molecule has 2 amide bonds. The standard InChI is InChI=1S/C21H21ClN4O3/c1-13-11-17(14(2)26(13)16-6-3-5-15(22)12-16)20(28)24-9-10-25-21(29)19-18(27)7-4-8-23-19/h3-8,11-12,27H,9-10H2,1-2H3,(H,24,28)(H,25,29). The predicted octanol–water partition coefficient (Wildman–Crippen LogP) is 3.01. The largest absolute Gasteiger partial charge is 0.505 e. The molecule has 7 nitrogen and oxygen atoms in total. The maximum absolute atomic E-state index is 12.6. The Morgan fingerprint density at radius 2 is 1.79 bits per heavy atom. The van der Waals surface area contributed by atoms with Gasteiger partial charge in [0, 0.05) is 41.4 Å². The molecular weight excluding hydrogens is 392 g/mol. The van der Waals surface area contributed by atoms with Gasteiger partial charge >= 0.3 is 0 Å². The van der Waals surface area contributed by atoms with Crippen molar-refractivity contribution < 1.29 is 14.7 Å². The first kappa shape index (κ1) is 20.4. The summed E-state index contributed by atoms with van der Waals surface area (Å²) in [7, 11) is 0. The van der Waals surface area contributed by atoms with Gasteiger partial charge in [-0.1, -0.05) is 17.7 Å². The molecule has 1 aromatic carbocycles. The number of nitrogens with one attached hydrogen (secondary N) is 2. The molecule has 0 bridgehead atoms. The highest BCUT2D eigenvalue weighted by molar-refractivity contribution is 6.30. The summed E-state index contributed by atoms with van der Waals surface area (Å²) in [6, 6.07) is 12.2. The van der Waals surface area contributed by atoms with Crippen molar-refractivity contribution in [2.45, 2.75) is 13.8 Å². The fourth-order valence-corrected chi connectivity index (χ4v) is 3.29. The van der Waals surface area contributed by atoms with Gasteiger partial charge in [0.15, 0.2) is 5.69 Å². The lowest BCUT2D eigenvalue weighted by Gasteiger charge is -2.11. The fraction of sp³-hybridized carbons (Fsp3) is 0.190. The molecule has 3 rings (SSSR count). The maximum atomic E-state index is 12.6. The average molecular weight is 413 g/mol. The van der Waals surface area contributed by atoms with Crippen molar-refractivity contribution in [3.8, 4) is 11.4 Å². The third-order valence-corrected chi connectivity index (χ3v) is 4.67. The quantitative estimate of drug-likeness (QED) is 0.542. The molecule has 150 valence electrons. The van der Waals surface area contributed by atoms with Crippen molar-refractivity contribution >= 4 is 23.4 Å². The third-order valence-electron chi connectivity index (χ3n) is 4.44. The van der Waals surface area contributed by atoms with E-state index >= 15 is 0 Å². The molecular formula is C21H21ClN4O3. The van der Waals surface area contributed by atoms with Crippen molar-refractivity contribution in [2.24, 2.45) is 0 Å². The number of halogens is 1. The molecule has 0 atom stereocenters. The second kappa shape index (κ2) is 8.79. The van der Waals surface area contributed by atoms with E-state index < -0.39 is 5.91 Å². The Bertz CT molecular complexity index is 1060. The van der Waals surface area contributed by atoms with Gasteiger partial charge in [-0.05, 0) is 50.2 Å². The normalized spacial score (nSPS) is 10.6. The summed E-state index contributed by atoms with van der Waals surface area (Å²) >= 11 is 6.09. The van der Waals surface area contributed by atoms with E-state index in [9.17, 15) is 14.7 Å². The number of pyridine rings is 1. The molecule has 0 aliphatic heterocycles. The molecule has 0 aliphatic carbocycles. The number of aromatic nitrogens is 2. The van der Waals surface area contributed by atoms with Crippen LogP contribution in [0.5, 0.6) is 5.75 Å². The molecule has 3 aromatic rings. The summed E-state index contributed by atoms with van der Waals surface area (Å²) in [5, 5.41) is 15.7. The lowest BCUT2D eigenvalue weighted by Crippen LogP contribution is -2.35. The number of carbonyl (C=O) groups is 2. The minimum absolute atomic E-state index is 0.0519. The smallest absolute Gasteiger partial charge is 0.273 e. The third kappa shape index (κ3) is 4.57. The van der Waals surface area contributed by atoms with Crippen LogP contribution in [0.3, 0.4) is 0 Å². The lowest BCUT2D eigenvalue weighted by molar-refractivity contribution is 0.0923. The molecule has 2 heterocycles. The van der Waals surface area contributed by atoms with E-state index in [1.807, 2.05) is 42.7 Å². The molecule has 0 saturated heterocycles. The van der Waals surface area contributed by atoms with Crippen molar-refractivity contribution in [2.75, 3.05) is 13.1 Å². The molecule has 29 heavy (non-hydrogen) atoms. The summed E-state index contributed by atoms with van der Waals surface area (Å²) in [6.07, 6.45) is 1.42. The van der Waals surface area contributed by atoms with Gasteiger partial charge in [0.2, 0.25) is 0 Å². The minimum atomic E-state index is -0.503. The van der Waals surface area contributed by atoms with Crippen molar-refractivity contribution in [1.29, 1.82) is 0 Å². The minimum Gasteiger partial charge on any atom is -0.505 e. The Balaban J connectivity index is 1.61. The zero-order valence-corrected chi connectivity index (χ0v) is 16.8. The summed E-state index contributed by atoms with van der Waals surface area (Å²) in [4.78, 5) is 28.4. The number of hydrogen-bond acceptors (Lipinski definition) is 4. The SMILES string of the molecule is Cc1cc(C(=O)NCCNC(=O)c2ncccc2O)c(C)n1-c1cccc(Cl)c1. The molecule has 3 N–H and O–H groups in total. The Hall–Kier alpha value is -3.32. The molecule has 8 heteroatoms. The van der Waals surface area contributed by atoms with Crippen LogP contribution < -0.4 is 10.6 Å². The highest BCUT2D eigenvalue weighted by atomic mass is 35.5. The summed E-state index contributed by atoms with van der Waals surface area (Å²) in [5.41, 5.74) is 3.09. The molecule has 2 aromatic heterocycles. The van der Waals surface area contributed by atoms with Crippen LogP contribution in [0.4, 0.5) is 0 Å². The number of nitrogens with zero attached hydrogens (tertiary/aromatic N) is 2. The number of rotatable bonds is 6. The first-order valence-electron chi connectivity index (χ1n) is 9.03. The van der Waals surface area contributed by atoms with Crippen LogP contribution in [-0.2, 0) is 0 Å². The summed E-state index contributed by atoms with van der Waals surface area (Å²) in [6.45, 7) is 4.23. The first-order valence-corrected chi connectivity index (χ1v) is 9.41. The number of benzene rings is 1. The summed E-state index contributed by atoms with van der Waals surface area (Å²) in [5.74, 6) is -0.930. The molecule has 0 saturated carbocycles. The number of hydrogen-bond donors (Lipinski definition) is 3. The zero-order chi connectivity index (χ0) is 21.0. The second-order valence-corrected chi connectivity index (χ2v) is 6.92. The number of aromatic hydroxyl groups is 1. The van der Waals surface area contributed by atoms with Crippen LogP contribution in [-0.4, -0.2) is 39.6 Å². The Morgan fingerprint density at radius 3 is 2.48 bits per heavy atom. The Labute approximate surface area is 173 Å². The van der Waals surface area contributed by atoms with Gasteiger partial charge < -0.3 is 20.3 Å². The zero-order valence-electron chi connectivity index (χ0n) is 16.1. The highest BCUT2D eigenvalue weighted by Crippen LogP contribution is 2.23. The predicted molar refractivity (Wildman–Crippen MR) is 111 cm³/mol. The van der Waals surface area contributed by atoms with E-state index in [0.29, 0.717) is 10.6 Å². The topological polar surface area (TPSA) is 96.2 Å². The van der Waals surface area contributed by atoms with Crippen LogP contribution in [0, 0.1) is 13.8 Å². The van der Waals surface area contributed by atoms with Gasteiger partial charge in [-0.3, -0.25) is 9.59 Å². The van der Waals surface area contributed by atoms with E-state index in [4.69, 9.17) is 11.6 Å². The van der Waals surface area contributed by atoms with E-state index in [-0.39, 0.29) is 30.4 Å². The van der Waals surface area contributed by atoms with Crippen LogP contribution in [0.2, 0.25) is 5.02 Å². The highest BCUT2D eigenvalue weighted by Gasteiger charge is 2.17. The van der Waals surface area contributed by atoms with Crippen molar-refractivity contribution in [1.82, 2.24) is 20.2 Å². The van der Waals surface area contributed by atoms with Gasteiger partial charge in [-0.2, -0.15) is 0 Å². The first-order chi connectivity index (χ1) is 13.9. The lowest BCUT2D eigenvalue weighted by atomic mass is 10.2. The van der Waals surface area contributed by atoms with Crippen molar-refractivity contribution in [3.63, 3.8) is 0 Å². The Morgan fingerprint density at radius 1 is 1.07 bits per heavy atom. The molecule has 0 radical (unpaired) electrons. The molecule has 0 fully saturated rings. The fourth-order valence-electron chi connectivity index (χ4n) is 3.11. The number of carbonyl (C=O) groups excluding carboxylic acids is 2. The van der Waals surface area contributed by atoms with E-state index in [2.05, 4.69) is 15.6 Å². The molecule has 0 spiro atoms. The van der Waals surface area contributed by atoms with E-state index in [0.717, 1.165) is 17.1 Å². The van der Waals surface area contributed by atoms with Crippen molar-refractivity contribution in [3.05, 3.63) is 76.3 Å².